The summed E-state index contributed by atoms with van der Waals surface area (Å²) >= 11 is 0. The minimum atomic E-state index is -3.21. The van der Waals surface area contributed by atoms with Gasteiger partial charge in [-0.25, -0.2) is 13.2 Å². The summed E-state index contributed by atoms with van der Waals surface area (Å²) in [7, 11) is -3.21. The summed E-state index contributed by atoms with van der Waals surface area (Å²) in [5.41, 5.74) is 0. The fourth-order valence-corrected chi connectivity index (χ4v) is 3.10. The first kappa shape index (κ1) is 12.8. The number of rotatable bonds is 4. The second kappa shape index (κ2) is 5.15. The second-order valence-corrected chi connectivity index (χ2v) is 5.84. The molecule has 92 valence electrons. The average Bonchev–Trinajstić information content (AvgIpc) is 2.45. The topological polar surface area (TPSA) is 113 Å². The molecule has 1 heterocycles. The molecule has 1 saturated heterocycles. The molecule has 0 spiro atoms. The minimum absolute atomic E-state index is 0.0199. The van der Waals surface area contributed by atoms with Crippen LogP contribution in [-0.4, -0.2) is 43.2 Å². The average molecular weight is 250 g/mol. The van der Waals surface area contributed by atoms with Gasteiger partial charge in [0.05, 0.1) is 12.2 Å². The quantitative estimate of drug-likeness (QED) is 0.610. The molecular weight excluding hydrogens is 236 g/mol. The molecule has 1 atom stereocenters. The van der Waals surface area contributed by atoms with Crippen molar-refractivity contribution in [3.63, 3.8) is 0 Å². The minimum Gasteiger partial charge on any atom is -0.481 e. The summed E-state index contributed by atoms with van der Waals surface area (Å²) in [6.07, 6.45) is 0.766. The van der Waals surface area contributed by atoms with Gasteiger partial charge in [0.2, 0.25) is 0 Å². The lowest BCUT2D eigenvalue weighted by Crippen LogP contribution is -2.44. The highest BCUT2D eigenvalue weighted by Crippen LogP contribution is 2.17. The van der Waals surface area contributed by atoms with Crippen LogP contribution in [0, 0.1) is 0 Å². The largest absolute Gasteiger partial charge is 0.481 e. The number of amides is 2. The molecule has 2 amide bonds. The fraction of sp³-hybridized carbons (Fsp3) is 0.750. The molecule has 1 rings (SSSR count). The van der Waals surface area contributed by atoms with Gasteiger partial charge >= 0.3 is 12.0 Å². The lowest BCUT2D eigenvalue weighted by Gasteiger charge is -2.12. The molecule has 1 aliphatic heterocycles. The summed E-state index contributed by atoms with van der Waals surface area (Å²) in [6, 6.07) is -0.642. The predicted octanol–water partition coefficient (Wildman–Crippen LogP) is -0.705. The lowest BCUT2D eigenvalue weighted by molar-refractivity contribution is -0.136. The van der Waals surface area contributed by atoms with Crippen molar-refractivity contribution in [2.45, 2.75) is 24.6 Å². The molecule has 0 aromatic carbocycles. The SMILES string of the molecule is O=C(O)CCNC(=O)NC1CCCS1(=O)=O. The Morgan fingerprint density at radius 1 is 1.38 bits per heavy atom. The molecule has 16 heavy (non-hydrogen) atoms. The van der Waals surface area contributed by atoms with E-state index >= 15 is 0 Å². The van der Waals surface area contributed by atoms with Crippen molar-refractivity contribution in [2.24, 2.45) is 0 Å². The number of carboxylic acids is 1. The molecule has 1 fully saturated rings. The Kier molecular flexibility index (Phi) is 4.11. The molecule has 0 radical (unpaired) electrons. The van der Waals surface area contributed by atoms with Crippen LogP contribution in [-0.2, 0) is 14.6 Å². The molecule has 1 unspecified atom stereocenters. The van der Waals surface area contributed by atoms with Gasteiger partial charge in [-0.05, 0) is 12.8 Å². The monoisotopic (exact) mass is 250 g/mol. The van der Waals surface area contributed by atoms with E-state index in [1.807, 2.05) is 0 Å². The van der Waals surface area contributed by atoms with E-state index in [2.05, 4.69) is 10.6 Å². The van der Waals surface area contributed by atoms with Crippen LogP contribution >= 0.6 is 0 Å². The van der Waals surface area contributed by atoms with Gasteiger partial charge in [0.15, 0.2) is 9.84 Å². The summed E-state index contributed by atoms with van der Waals surface area (Å²) in [4.78, 5) is 21.3. The van der Waals surface area contributed by atoms with Crippen LogP contribution in [0.3, 0.4) is 0 Å². The Morgan fingerprint density at radius 3 is 2.56 bits per heavy atom. The highest BCUT2D eigenvalue weighted by molar-refractivity contribution is 7.92. The third-order valence-electron chi connectivity index (χ3n) is 2.25. The second-order valence-electron chi connectivity index (χ2n) is 3.54. The van der Waals surface area contributed by atoms with Gasteiger partial charge in [-0.3, -0.25) is 4.79 Å². The first-order valence-electron chi connectivity index (χ1n) is 4.89. The summed E-state index contributed by atoms with van der Waals surface area (Å²) in [5, 5.41) is 12.1. The molecule has 0 aromatic rings. The maximum absolute atomic E-state index is 11.3. The summed E-state index contributed by atoms with van der Waals surface area (Å²) in [6.45, 7) is -0.0199. The van der Waals surface area contributed by atoms with Gasteiger partial charge in [0.1, 0.15) is 5.37 Å². The van der Waals surface area contributed by atoms with Crippen molar-refractivity contribution in [1.29, 1.82) is 0 Å². The van der Waals surface area contributed by atoms with Crippen LogP contribution in [0.2, 0.25) is 0 Å². The van der Waals surface area contributed by atoms with Gasteiger partial charge in [-0.15, -0.1) is 0 Å². The van der Waals surface area contributed by atoms with Crippen molar-refractivity contribution in [1.82, 2.24) is 10.6 Å². The Bertz CT molecular complexity index is 378. The van der Waals surface area contributed by atoms with Crippen molar-refractivity contribution in [3.8, 4) is 0 Å². The van der Waals surface area contributed by atoms with Crippen molar-refractivity contribution < 1.29 is 23.1 Å². The molecular formula is C8H14N2O5S. The number of aliphatic carboxylic acids is 1. The number of hydrogen-bond acceptors (Lipinski definition) is 4. The standard InChI is InChI=1S/C8H14N2O5S/c11-7(12)3-4-9-8(13)10-6-2-1-5-16(6,14)15/h6H,1-5H2,(H,11,12)(H2,9,10,13). The van der Waals surface area contributed by atoms with Crippen LogP contribution in [0.4, 0.5) is 4.79 Å². The van der Waals surface area contributed by atoms with Crippen molar-refractivity contribution >= 4 is 21.8 Å². The highest BCUT2D eigenvalue weighted by atomic mass is 32.2. The predicted molar refractivity (Wildman–Crippen MR) is 55.6 cm³/mol. The van der Waals surface area contributed by atoms with Gasteiger partial charge in [-0.1, -0.05) is 0 Å². The number of carbonyl (C=O) groups is 2. The number of hydrogen-bond donors (Lipinski definition) is 3. The van der Waals surface area contributed by atoms with Gasteiger partial charge in [0.25, 0.3) is 0 Å². The van der Waals surface area contributed by atoms with Crippen LogP contribution in [0.25, 0.3) is 0 Å². The Hall–Kier alpha value is -1.31. The van der Waals surface area contributed by atoms with E-state index in [-0.39, 0.29) is 18.7 Å². The van der Waals surface area contributed by atoms with Crippen LogP contribution in [0.5, 0.6) is 0 Å². The highest BCUT2D eigenvalue weighted by Gasteiger charge is 2.32. The van der Waals surface area contributed by atoms with E-state index in [9.17, 15) is 18.0 Å². The normalized spacial score (nSPS) is 22.6. The van der Waals surface area contributed by atoms with E-state index in [4.69, 9.17) is 5.11 Å². The Balaban J connectivity index is 2.32. The zero-order valence-corrected chi connectivity index (χ0v) is 9.42. The molecule has 0 aliphatic carbocycles. The molecule has 0 bridgehead atoms. The lowest BCUT2D eigenvalue weighted by atomic mass is 10.3. The van der Waals surface area contributed by atoms with Crippen LogP contribution in [0.15, 0.2) is 0 Å². The first-order chi connectivity index (χ1) is 7.42. The zero-order valence-electron chi connectivity index (χ0n) is 8.60. The molecule has 0 aromatic heterocycles. The van der Waals surface area contributed by atoms with E-state index < -0.39 is 27.2 Å². The molecule has 8 heteroatoms. The summed E-state index contributed by atoms with van der Waals surface area (Å²) in [5.74, 6) is -0.929. The molecule has 1 aliphatic rings. The fourth-order valence-electron chi connectivity index (χ4n) is 1.43. The zero-order chi connectivity index (χ0) is 12.2. The third-order valence-corrected chi connectivity index (χ3v) is 4.32. The van der Waals surface area contributed by atoms with Crippen molar-refractivity contribution in [3.05, 3.63) is 0 Å². The smallest absolute Gasteiger partial charge is 0.315 e. The maximum Gasteiger partial charge on any atom is 0.315 e. The number of carbonyl (C=O) groups excluding carboxylic acids is 1. The van der Waals surface area contributed by atoms with Crippen LogP contribution < -0.4 is 10.6 Å². The van der Waals surface area contributed by atoms with E-state index in [1.54, 1.807) is 0 Å². The number of carboxylic acid groups (broad SMARTS) is 1. The van der Waals surface area contributed by atoms with Crippen molar-refractivity contribution in [2.75, 3.05) is 12.3 Å². The molecule has 0 saturated carbocycles. The van der Waals surface area contributed by atoms with E-state index in [0.29, 0.717) is 12.8 Å². The van der Waals surface area contributed by atoms with E-state index in [1.165, 1.54) is 0 Å². The number of urea groups is 1. The Labute approximate surface area is 93.1 Å². The summed E-state index contributed by atoms with van der Waals surface area (Å²) < 4.78 is 22.7. The van der Waals surface area contributed by atoms with Gasteiger partial charge in [-0.2, -0.15) is 0 Å². The third kappa shape index (κ3) is 3.69. The van der Waals surface area contributed by atoms with Gasteiger partial charge in [0, 0.05) is 6.54 Å². The maximum atomic E-state index is 11.3. The first-order valence-corrected chi connectivity index (χ1v) is 6.61. The molecule has 3 N–H and O–H groups in total. The van der Waals surface area contributed by atoms with Gasteiger partial charge < -0.3 is 15.7 Å². The Morgan fingerprint density at radius 2 is 2.06 bits per heavy atom. The molecule has 7 nitrogen and oxygen atoms in total. The van der Waals surface area contributed by atoms with E-state index in [0.717, 1.165) is 0 Å². The number of sulfone groups is 1. The van der Waals surface area contributed by atoms with Crippen LogP contribution in [0.1, 0.15) is 19.3 Å². The number of nitrogens with one attached hydrogen (secondary N) is 2.